The Morgan fingerprint density at radius 3 is 2.09 bits per heavy atom. The van der Waals surface area contributed by atoms with E-state index in [2.05, 4.69) is 0 Å². The number of ether oxygens (including phenoxy) is 1. The second kappa shape index (κ2) is 9.84. The molecule has 216 valence electrons. The Bertz CT molecular complexity index is 1740. The number of fused-ring (bicyclic) bond motifs is 2. The number of hydrogen-bond donors (Lipinski definition) is 1. The Balaban J connectivity index is 1.32. The van der Waals surface area contributed by atoms with E-state index in [0.29, 0.717) is 22.5 Å². The fraction of sp³-hybridized carbons (Fsp3) is 0.235. The van der Waals surface area contributed by atoms with E-state index in [9.17, 15) is 23.9 Å². The van der Waals surface area contributed by atoms with Crippen LogP contribution in [0.4, 0.5) is 10.1 Å². The third kappa shape index (κ3) is 4.22. The van der Waals surface area contributed by atoms with Crippen LogP contribution in [0.25, 0.3) is 22.4 Å². The van der Waals surface area contributed by atoms with Crippen LogP contribution < -0.4 is 9.64 Å². The lowest BCUT2D eigenvalue weighted by Gasteiger charge is -2.55. The number of anilines is 1. The molecule has 0 saturated heterocycles. The summed E-state index contributed by atoms with van der Waals surface area (Å²) in [6.45, 7) is 0.684. The molecule has 0 unspecified atom stereocenters. The van der Waals surface area contributed by atoms with Gasteiger partial charge in [-0.3, -0.25) is 19.3 Å². The van der Waals surface area contributed by atoms with Gasteiger partial charge in [-0.2, -0.15) is 0 Å². The van der Waals surface area contributed by atoms with Crippen molar-refractivity contribution < 1.29 is 28.6 Å². The molecule has 0 bridgehead atoms. The number of imide groups is 1. The van der Waals surface area contributed by atoms with E-state index in [-0.39, 0.29) is 49.6 Å². The molecule has 7 rings (SSSR count). The zero-order chi connectivity index (χ0) is 29.9. The minimum atomic E-state index is -1.03. The Kier molecular flexibility index (Phi) is 6.18. The number of alkyl halides is 1. The molecule has 1 aliphatic carbocycles. The molecule has 1 aromatic heterocycles. The standard InChI is InChI=1S/C34H28FN3O5/c1-33(42)19-34(20-33,38-31(40)24-9-5-6-10-25(24)32(38)41)23-13-11-22(12-14-23)29-26(21-7-3-2-4-8-21)17-27-30(36-29)43-18-28(39)37(27)16-15-35/h2-14,17,42H,15-16,18-20H2,1H3. The van der Waals surface area contributed by atoms with Crippen LogP contribution in [0.3, 0.4) is 0 Å². The summed E-state index contributed by atoms with van der Waals surface area (Å²) in [6.07, 6.45) is 0.424. The molecule has 3 heterocycles. The van der Waals surface area contributed by atoms with Gasteiger partial charge in [-0.25, -0.2) is 9.37 Å². The number of carbonyl (C=O) groups excluding carboxylic acids is 3. The third-order valence-electron chi connectivity index (χ3n) is 8.55. The molecular formula is C34H28FN3O5. The first-order chi connectivity index (χ1) is 20.7. The van der Waals surface area contributed by atoms with Gasteiger partial charge in [-0.05, 0) is 36.2 Å². The molecule has 2 aliphatic heterocycles. The number of rotatable bonds is 6. The van der Waals surface area contributed by atoms with Gasteiger partial charge in [-0.1, -0.05) is 66.7 Å². The van der Waals surface area contributed by atoms with Crippen LogP contribution in [0.2, 0.25) is 0 Å². The van der Waals surface area contributed by atoms with Gasteiger partial charge in [0.2, 0.25) is 5.88 Å². The van der Waals surface area contributed by atoms with Gasteiger partial charge in [0, 0.05) is 24.0 Å². The monoisotopic (exact) mass is 577 g/mol. The highest BCUT2D eigenvalue weighted by Crippen LogP contribution is 2.54. The molecule has 3 aliphatic rings. The third-order valence-corrected chi connectivity index (χ3v) is 8.55. The summed E-state index contributed by atoms with van der Waals surface area (Å²) in [6, 6.07) is 25.6. The van der Waals surface area contributed by atoms with Crippen LogP contribution in [0.5, 0.6) is 5.88 Å². The van der Waals surface area contributed by atoms with Gasteiger partial charge in [-0.15, -0.1) is 0 Å². The molecule has 1 N–H and O–H groups in total. The van der Waals surface area contributed by atoms with Gasteiger partial charge in [0.15, 0.2) is 6.61 Å². The Hall–Kier alpha value is -4.89. The summed E-state index contributed by atoms with van der Waals surface area (Å²) in [5.74, 6) is -0.831. The van der Waals surface area contributed by atoms with Crippen molar-refractivity contribution in [2.24, 2.45) is 0 Å². The maximum Gasteiger partial charge on any atom is 0.265 e. The van der Waals surface area contributed by atoms with Crippen LogP contribution in [0, 0.1) is 0 Å². The minimum Gasteiger partial charge on any atom is -0.466 e. The molecule has 0 radical (unpaired) electrons. The highest BCUT2D eigenvalue weighted by atomic mass is 19.1. The van der Waals surface area contributed by atoms with E-state index < -0.39 is 17.8 Å². The van der Waals surface area contributed by atoms with E-state index in [1.165, 1.54) is 9.80 Å². The number of amides is 3. The number of aromatic nitrogens is 1. The van der Waals surface area contributed by atoms with Crippen LogP contribution in [-0.4, -0.2) is 58.1 Å². The van der Waals surface area contributed by atoms with Gasteiger partial charge in [0.1, 0.15) is 12.4 Å². The predicted molar refractivity (Wildman–Crippen MR) is 157 cm³/mol. The SMILES string of the molecule is CC1(O)CC(c2ccc(-c3nc4c(cc3-c3ccccc3)N(CCF)C(=O)CO4)cc2)(N2C(=O)c3ccccc3C2=O)C1. The molecule has 1 fully saturated rings. The zero-order valence-electron chi connectivity index (χ0n) is 23.4. The smallest absolute Gasteiger partial charge is 0.265 e. The van der Waals surface area contributed by atoms with Crippen LogP contribution in [-0.2, 0) is 10.3 Å². The van der Waals surface area contributed by atoms with Gasteiger partial charge < -0.3 is 14.7 Å². The Labute approximate surface area is 247 Å². The summed E-state index contributed by atoms with van der Waals surface area (Å²) in [5, 5.41) is 10.8. The number of carbonyl (C=O) groups is 3. The maximum absolute atomic E-state index is 13.5. The van der Waals surface area contributed by atoms with Gasteiger partial charge in [0.25, 0.3) is 17.7 Å². The van der Waals surface area contributed by atoms with E-state index in [0.717, 1.165) is 22.3 Å². The van der Waals surface area contributed by atoms with Crippen molar-refractivity contribution >= 4 is 23.4 Å². The summed E-state index contributed by atoms with van der Waals surface area (Å²) in [5.41, 5.74) is 2.76. The molecule has 8 nitrogen and oxygen atoms in total. The zero-order valence-corrected chi connectivity index (χ0v) is 23.4. The van der Waals surface area contributed by atoms with Gasteiger partial charge >= 0.3 is 0 Å². The molecule has 43 heavy (non-hydrogen) atoms. The molecule has 1 saturated carbocycles. The number of nitrogens with zero attached hydrogens (tertiary/aromatic N) is 3. The Morgan fingerprint density at radius 1 is 0.860 bits per heavy atom. The van der Waals surface area contributed by atoms with Gasteiger partial charge in [0.05, 0.1) is 34.5 Å². The van der Waals surface area contributed by atoms with Crippen molar-refractivity contribution in [1.29, 1.82) is 0 Å². The van der Waals surface area contributed by atoms with E-state index >= 15 is 0 Å². The average molecular weight is 578 g/mol. The largest absolute Gasteiger partial charge is 0.466 e. The first-order valence-electron chi connectivity index (χ1n) is 14.1. The van der Waals surface area contributed by atoms with Crippen LogP contribution in [0.15, 0.2) is 84.9 Å². The molecule has 9 heteroatoms. The number of aliphatic hydroxyl groups is 1. The van der Waals surface area contributed by atoms with E-state index in [1.807, 2.05) is 54.6 Å². The van der Waals surface area contributed by atoms with Crippen molar-refractivity contribution in [3.8, 4) is 28.3 Å². The fourth-order valence-corrected chi connectivity index (χ4v) is 6.73. The lowest BCUT2D eigenvalue weighted by atomic mass is 9.61. The maximum atomic E-state index is 13.5. The van der Waals surface area contributed by atoms with E-state index in [1.54, 1.807) is 37.3 Å². The number of pyridine rings is 1. The Morgan fingerprint density at radius 2 is 1.49 bits per heavy atom. The van der Waals surface area contributed by atoms with Crippen LogP contribution >= 0.6 is 0 Å². The second-order valence-corrected chi connectivity index (χ2v) is 11.5. The molecule has 4 aromatic rings. The quantitative estimate of drug-likeness (QED) is 0.319. The highest BCUT2D eigenvalue weighted by Gasteiger charge is 2.60. The summed E-state index contributed by atoms with van der Waals surface area (Å²) >= 11 is 0. The number of hydrogen-bond acceptors (Lipinski definition) is 6. The number of halogens is 1. The topological polar surface area (TPSA) is 100 Å². The average Bonchev–Trinajstić information content (AvgIpc) is 3.26. The molecule has 0 spiro atoms. The summed E-state index contributed by atoms with van der Waals surface area (Å²) in [7, 11) is 0. The van der Waals surface area contributed by atoms with Crippen LogP contribution in [0.1, 0.15) is 46.0 Å². The lowest BCUT2D eigenvalue weighted by Crippen LogP contribution is -2.63. The molecule has 0 atom stereocenters. The normalized spacial score (nSPS) is 22.6. The molecule has 3 aromatic carbocycles. The van der Waals surface area contributed by atoms with E-state index in [4.69, 9.17) is 9.72 Å². The minimum absolute atomic E-state index is 0.0944. The highest BCUT2D eigenvalue weighted by molar-refractivity contribution is 6.22. The molecule has 3 amide bonds. The van der Waals surface area contributed by atoms with Crippen molar-refractivity contribution in [1.82, 2.24) is 9.88 Å². The van der Waals surface area contributed by atoms with Crippen molar-refractivity contribution in [3.05, 3.63) is 102 Å². The van der Waals surface area contributed by atoms with Crippen molar-refractivity contribution in [2.75, 3.05) is 24.7 Å². The second-order valence-electron chi connectivity index (χ2n) is 11.5. The number of benzene rings is 3. The summed E-state index contributed by atoms with van der Waals surface area (Å²) in [4.78, 5) is 47.0. The predicted octanol–water partition coefficient (Wildman–Crippen LogP) is 5.15. The first kappa shape index (κ1) is 27.0. The molecular weight excluding hydrogens is 549 g/mol. The lowest BCUT2D eigenvalue weighted by molar-refractivity contribution is -0.121. The van der Waals surface area contributed by atoms with Crippen molar-refractivity contribution in [3.63, 3.8) is 0 Å². The summed E-state index contributed by atoms with van der Waals surface area (Å²) < 4.78 is 19.0. The fourth-order valence-electron chi connectivity index (χ4n) is 6.73. The first-order valence-corrected chi connectivity index (χ1v) is 14.1. The van der Waals surface area contributed by atoms with Crippen molar-refractivity contribution in [2.45, 2.75) is 30.9 Å².